The second-order valence-electron chi connectivity index (χ2n) is 5.72. The Hall–Kier alpha value is -2.92. The Morgan fingerprint density at radius 2 is 2.25 bits per heavy atom. The summed E-state index contributed by atoms with van der Waals surface area (Å²) in [5.41, 5.74) is 1.12. The molecule has 0 aromatic carbocycles. The normalized spacial score (nSPS) is 11.3. The van der Waals surface area contributed by atoms with E-state index in [2.05, 4.69) is 20.3 Å². The minimum atomic E-state index is -2.70. The van der Waals surface area contributed by atoms with Crippen molar-refractivity contribution in [2.75, 3.05) is 5.32 Å². The van der Waals surface area contributed by atoms with E-state index in [1.54, 1.807) is 30.7 Å². The molecule has 0 saturated heterocycles. The van der Waals surface area contributed by atoms with Gasteiger partial charge >= 0.3 is 6.55 Å². The van der Waals surface area contributed by atoms with E-state index in [9.17, 15) is 13.6 Å². The van der Waals surface area contributed by atoms with Crippen LogP contribution in [0.2, 0.25) is 0 Å². The summed E-state index contributed by atoms with van der Waals surface area (Å²) in [7, 11) is 0. The molecule has 0 bridgehead atoms. The minimum Gasteiger partial charge on any atom is -0.462 e. The van der Waals surface area contributed by atoms with Gasteiger partial charge < -0.3 is 9.73 Å². The van der Waals surface area contributed by atoms with Gasteiger partial charge in [0.1, 0.15) is 0 Å². The zero-order valence-corrected chi connectivity index (χ0v) is 16.1. The van der Waals surface area contributed by atoms with Crippen LogP contribution in [-0.4, -0.2) is 25.4 Å². The maximum absolute atomic E-state index is 13.1. The number of imidazole rings is 1. The van der Waals surface area contributed by atoms with Crippen LogP contribution in [0.4, 0.5) is 13.9 Å². The number of furan rings is 1. The number of hydrogen-bond donors (Lipinski definition) is 1. The third kappa shape index (κ3) is 3.71. The number of nitrogens with zero attached hydrogens (tertiary/aromatic N) is 4. The third-order valence-electron chi connectivity index (χ3n) is 3.75. The summed E-state index contributed by atoms with van der Waals surface area (Å²) in [6, 6.07) is 3.57. The Labute approximate surface area is 165 Å². The van der Waals surface area contributed by atoms with Gasteiger partial charge in [-0.1, -0.05) is 11.3 Å². The molecule has 0 aliphatic carbocycles. The smallest absolute Gasteiger partial charge is 0.320 e. The van der Waals surface area contributed by atoms with Crippen molar-refractivity contribution in [3.63, 3.8) is 0 Å². The highest BCUT2D eigenvalue weighted by molar-refractivity contribution is 7.19. The number of rotatable bonds is 6. The van der Waals surface area contributed by atoms with Gasteiger partial charge in [-0.25, -0.2) is 15.0 Å². The van der Waals surface area contributed by atoms with E-state index in [4.69, 9.17) is 4.42 Å². The number of nitrogens with one attached hydrogen (secondary N) is 1. The third-order valence-corrected chi connectivity index (χ3v) is 5.72. The molecule has 0 radical (unpaired) electrons. The van der Waals surface area contributed by atoms with Gasteiger partial charge in [-0.05, 0) is 19.1 Å². The lowest BCUT2D eigenvalue weighted by molar-refractivity contribution is -0.115. The minimum absolute atomic E-state index is 0.0663. The lowest BCUT2D eigenvalue weighted by atomic mass is 10.3. The Bertz CT molecular complexity index is 1100. The monoisotopic (exact) mass is 421 g/mol. The Balaban J connectivity index is 1.46. The van der Waals surface area contributed by atoms with Crippen LogP contribution in [0.15, 0.2) is 40.6 Å². The van der Waals surface area contributed by atoms with Crippen LogP contribution < -0.4 is 5.32 Å². The first-order valence-corrected chi connectivity index (χ1v) is 9.78. The molecular formula is C17H13F2N5O2S2. The summed E-state index contributed by atoms with van der Waals surface area (Å²) < 4.78 is 32.2. The number of amides is 1. The molecule has 1 amide bonds. The maximum Gasteiger partial charge on any atom is 0.320 e. The maximum atomic E-state index is 13.1. The van der Waals surface area contributed by atoms with E-state index < -0.39 is 6.55 Å². The van der Waals surface area contributed by atoms with Crippen LogP contribution in [0, 0.1) is 6.92 Å². The Morgan fingerprint density at radius 3 is 3.00 bits per heavy atom. The van der Waals surface area contributed by atoms with E-state index in [1.807, 2.05) is 0 Å². The Morgan fingerprint density at radius 1 is 1.39 bits per heavy atom. The number of carbonyl (C=O) groups excluding carboxylic acids is 1. The highest BCUT2D eigenvalue weighted by Crippen LogP contribution is 2.33. The number of alkyl halides is 2. The highest BCUT2D eigenvalue weighted by atomic mass is 32.1. The molecule has 144 valence electrons. The molecule has 0 spiro atoms. The summed E-state index contributed by atoms with van der Waals surface area (Å²) in [6.45, 7) is -1.02. The Kier molecular flexibility index (Phi) is 5.01. The number of carbonyl (C=O) groups is 1. The fourth-order valence-corrected chi connectivity index (χ4v) is 4.30. The average molecular weight is 421 g/mol. The summed E-state index contributed by atoms with van der Waals surface area (Å²) in [5.74, 6) is 0.466. The van der Waals surface area contributed by atoms with Gasteiger partial charge in [0.15, 0.2) is 21.7 Å². The molecule has 7 nitrogen and oxygen atoms in total. The molecule has 4 heterocycles. The fourth-order valence-electron chi connectivity index (χ4n) is 2.53. The van der Waals surface area contributed by atoms with Gasteiger partial charge in [0.2, 0.25) is 5.91 Å². The number of aromatic nitrogens is 4. The van der Waals surface area contributed by atoms with Crippen LogP contribution in [0.1, 0.15) is 17.9 Å². The van der Waals surface area contributed by atoms with E-state index in [0.29, 0.717) is 32.2 Å². The SMILES string of the molecule is Cc1nc(NC(=O)Cc2csc(-c3ccco3)n2)sc1-c1nccn1C(F)F. The second-order valence-corrected chi connectivity index (χ2v) is 7.57. The van der Waals surface area contributed by atoms with Crippen molar-refractivity contribution in [3.05, 3.63) is 47.6 Å². The molecule has 11 heteroatoms. The lowest BCUT2D eigenvalue weighted by Crippen LogP contribution is -2.14. The first-order valence-electron chi connectivity index (χ1n) is 8.08. The van der Waals surface area contributed by atoms with Gasteiger partial charge in [-0.15, -0.1) is 11.3 Å². The predicted molar refractivity (Wildman–Crippen MR) is 101 cm³/mol. The van der Waals surface area contributed by atoms with E-state index in [0.717, 1.165) is 15.9 Å². The van der Waals surface area contributed by atoms with Gasteiger partial charge in [0.05, 0.1) is 28.9 Å². The van der Waals surface area contributed by atoms with Crippen LogP contribution in [0.5, 0.6) is 0 Å². The predicted octanol–water partition coefficient (Wildman–Crippen LogP) is 4.61. The van der Waals surface area contributed by atoms with Crippen molar-refractivity contribution in [2.45, 2.75) is 19.9 Å². The molecule has 0 unspecified atom stereocenters. The summed E-state index contributed by atoms with van der Waals surface area (Å²) in [4.78, 5) is 25.4. The quantitative estimate of drug-likeness (QED) is 0.491. The largest absolute Gasteiger partial charge is 0.462 e. The highest BCUT2D eigenvalue weighted by Gasteiger charge is 2.19. The van der Waals surface area contributed by atoms with Crippen molar-refractivity contribution in [2.24, 2.45) is 0 Å². The van der Waals surface area contributed by atoms with E-state index >= 15 is 0 Å². The van der Waals surface area contributed by atoms with Crippen LogP contribution in [-0.2, 0) is 11.2 Å². The molecule has 28 heavy (non-hydrogen) atoms. The fraction of sp³-hybridized carbons (Fsp3) is 0.176. The molecule has 4 aromatic rings. The van der Waals surface area contributed by atoms with Crippen molar-refractivity contribution in [3.8, 4) is 21.5 Å². The number of aryl methyl sites for hydroxylation is 1. The summed E-state index contributed by atoms with van der Waals surface area (Å²) >= 11 is 2.48. The van der Waals surface area contributed by atoms with Gasteiger partial charge in [-0.2, -0.15) is 8.78 Å². The van der Waals surface area contributed by atoms with Crippen molar-refractivity contribution < 1.29 is 18.0 Å². The van der Waals surface area contributed by atoms with E-state index in [-0.39, 0.29) is 18.2 Å². The molecule has 0 aliphatic heterocycles. The van der Waals surface area contributed by atoms with Crippen molar-refractivity contribution in [1.82, 2.24) is 19.5 Å². The number of anilines is 1. The van der Waals surface area contributed by atoms with Crippen molar-refractivity contribution >= 4 is 33.7 Å². The average Bonchev–Trinajstić information content (AvgIpc) is 3.41. The molecule has 0 aliphatic rings. The summed E-state index contributed by atoms with van der Waals surface area (Å²) in [5, 5.41) is 5.49. The second kappa shape index (κ2) is 7.60. The van der Waals surface area contributed by atoms with Crippen LogP contribution >= 0.6 is 22.7 Å². The van der Waals surface area contributed by atoms with Crippen LogP contribution in [0.3, 0.4) is 0 Å². The summed E-state index contributed by atoms with van der Waals surface area (Å²) in [6.07, 6.45) is 4.13. The zero-order valence-electron chi connectivity index (χ0n) is 14.4. The molecular weight excluding hydrogens is 408 g/mol. The van der Waals surface area contributed by atoms with Crippen molar-refractivity contribution in [1.29, 1.82) is 0 Å². The first kappa shape index (κ1) is 18.4. The molecule has 0 saturated carbocycles. The topological polar surface area (TPSA) is 85.8 Å². The van der Waals surface area contributed by atoms with Gasteiger partial charge in [0.25, 0.3) is 0 Å². The molecule has 4 aromatic heterocycles. The molecule has 0 atom stereocenters. The number of thiazole rings is 2. The first-order chi connectivity index (χ1) is 13.5. The number of halogens is 2. The van der Waals surface area contributed by atoms with Crippen LogP contribution in [0.25, 0.3) is 21.5 Å². The van der Waals surface area contributed by atoms with E-state index in [1.165, 1.54) is 23.7 Å². The number of hydrogen-bond acceptors (Lipinski definition) is 7. The standard InChI is InChI=1S/C17H13F2N5O2S2/c1-9-13(14-20-4-5-24(14)16(18)19)28-17(21-9)23-12(25)7-10-8-27-15(22-10)11-3-2-6-26-11/h2-6,8,16H,7H2,1H3,(H,21,23,25). The molecule has 4 rings (SSSR count). The van der Waals surface area contributed by atoms with Gasteiger partial charge in [-0.3, -0.25) is 9.36 Å². The molecule has 1 N–H and O–H groups in total. The molecule has 0 fully saturated rings. The lowest BCUT2D eigenvalue weighted by Gasteiger charge is -2.04. The zero-order chi connectivity index (χ0) is 19.7. The van der Waals surface area contributed by atoms with Gasteiger partial charge in [0, 0.05) is 17.8 Å².